The number of nitrogens with one attached hydrogen (secondary N) is 1. The van der Waals surface area contributed by atoms with E-state index in [0.29, 0.717) is 28.9 Å². The van der Waals surface area contributed by atoms with Crippen LogP contribution in [0.2, 0.25) is 0 Å². The van der Waals surface area contributed by atoms with Crippen molar-refractivity contribution in [1.82, 2.24) is 14.8 Å². The van der Waals surface area contributed by atoms with E-state index in [1.165, 1.54) is 11.3 Å². The molecule has 8 nitrogen and oxygen atoms in total. The van der Waals surface area contributed by atoms with Gasteiger partial charge in [-0.3, -0.25) is 9.59 Å². The number of aromatic nitrogens is 3. The maximum Gasteiger partial charge on any atom is 0.230 e. The molecular weight excluding hydrogens is 474 g/mol. The number of carbonyl (C=O) groups excluding carboxylic acids is 2. The van der Waals surface area contributed by atoms with E-state index in [4.69, 9.17) is 9.40 Å². The number of furan rings is 1. The van der Waals surface area contributed by atoms with Gasteiger partial charge in [-0.25, -0.2) is 4.98 Å². The van der Waals surface area contributed by atoms with Crippen molar-refractivity contribution in [2.45, 2.75) is 20.3 Å². The summed E-state index contributed by atoms with van der Waals surface area (Å²) in [5.74, 6) is 0.468. The van der Waals surface area contributed by atoms with E-state index >= 15 is 0 Å². The molecule has 2 amide bonds. The van der Waals surface area contributed by atoms with Crippen molar-refractivity contribution in [2.24, 2.45) is 5.92 Å². The van der Waals surface area contributed by atoms with Gasteiger partial charge in [0, 0.05) is 35.5 Å². The Morgan fingerprint density at radius 1 is 1.11 bits per heavy atom. The van der Waals surface area contributed by atoms with Gasteiger partial charge in [-0.1, -0.05) is 35.9 Å². The van der Waals surface area contributed by atoms with Crippen molar-refractivity contribution >= 4 is 45.6 Å². The average Bonchev–Trinajstić information content (AvgIpc) is 3.64. The first kappa shape index (κ1) is 22.2. The predicted octanol–water partition coefficient (Wildman–Crippen LogP) is 5.35. The zero-order valence-corrected chi connectivity index (χ0v) is 20.6. The van der Waals surface area contributed by atoms with E-state index in [0.717, 1.165) is 27.9 Å². The van der Waals surface area contributed by atoms with Gasteiger partial charge in [0.2, 0.25) is 16.9 Å². The van der Waals surface area contributed by atoms with Crippen LogP contribution in [0, 0.1) is 19.8 Å². The van der Waals surface area contributed by atoms with Crippen molar-refractivity contribution in [2.75, 3.05) is 16.8 Å². The van der Waals surface area contributed by atoms with Gasteiger partial charge in [-0.05, 0) is 38.1 Å². The third kappa shape index (κ3) is 4.07. The van der Waals surface area contributed by atoms with Crippen molar-refractivity contribution in [3.05, 3.63) is 77.3 Å². The van der Waals surface area contributed by atoms with Gasteiger partial charge in [0.1, 0.15) is 17.1 Å². The Balaban J connectivity index is 1.21. The summed E-state index contributed by atoms with van der Waals surface area (Å²) in [6, 6.07) is 19.3. The number of para-hydroxylation sites is 1. The summed E-state index contributed by atoms with van der Waals surface area (Å²) < 4.78 is 7.57. The van der Waals surface area contributed by atoms with Gasteiger partial charge in [-0.2, -0.15) is 9.78 Å². The monoisotopic (exact) mass is 497 g/mol. The summed E-state index contributed by atoms with van der Waals surface area (Å²) in [6.45, 7) is 4.20. The zero-order valence-electron chi connectivity index (χ0n) is 19.8. The summed E-state index contributed by atoms with van der Waals surface area (Å²) in [5, 5.41) is 11.0. The number of carbonyl (C=O) groups is 2. The lowest BCUT2D eigenvalue weighted by molar-refractivity contribution is -0.122. The van der Waals surface area contributed by atoms with E-state index < -0.39 is 5.92 Å². The second-order valence-corrected chi connectivity index (χ2v) is 9.81. The summed E-state index contributed by atoms with van der Waals surface area (Å²) >= 11 is 1.41. The average molecular weight is 498 g/mol. The Bertz CT molecular complexity index is 1560. The van der Waals surface area contributed by atoms with Crippen LogP contribution in [0.5, 0.6) is 0 Å². The minimum absolute atomic E-state index is 0.0564. The molecule has 1 aliphatic rings. The second kappa shape index (κ2) is 8.76. The minimum atomic E-state index is -0.454. The first-order valence-electron chi connectivity index (χ1n) is 11.6. The molecule has 1 fully saturated rings. The molecule has 6 rings (SSSR count). The van der Waals surface area contributed by atoms with Crippen LogP contribution < -0.4 is 10.2 Å². The number of nitrogens with zero attached hydrogens (tertiary/aromatic N) is 4. The number of hydrogen-bond donors (Lipinski definition) is 1. The maximum atomic E-state index is 13.1. The largest absolute Gasteiger partial charge is 0.454 e. The highest BCUT2D eigenvalue weighted by molar-refractivity contribution is 7.12. The zero-order chi connectivity index (χ0) is 24.8. The molecule has 1 N–H and O–H groups in total. The van der Waals surface area contributed by atoms with Crippen molar-refractivity contribution in [3.8, 4) is 16.6 Å². The third-order valence-electron chi connectivity index (χ3n) is 6.28. The first-order chi connectivity index (χ1) is 17.4. The Morgan fingerprint density at radius 2 is 1.92 bits per heavy atom. The second-order valence-electron chi connectivity index (χ2n) is 8.98. The number of aryl methyl sites for hydroxylation is 2. The Labute approximate surface area is 211 Å². The fourth-order valence-electron chi connectivity index (χ4n) is 4.40. The molecule has 5 aromatic rings. The SMILES string of the molecule is Cc1ccc(N2CC(C(=O)Nc3cc(C)nn3-c3nc(-c4cc5ccccc5o4)cs3)CC2=O)cc1. The Kier molecular flexibility index (Phi) is 5.41. The molecule has 1 atom stereocenters. The number of thiazole rings is 1. The molecule has 0 bridgehead atoms. The topological polar surface area (TPSA) is 93.3 Å². The Hall–Kier alpha value is -4.24. The highest BCUT2D eigenvalue weighted by Gasteiger charge is 2.35. The van der Waals surface area contributed by atoms with Crippen LogP contribution in [0.4, 0.5) is 11.5 Å². The van der Waals surface area contributed by atoms with Crippen LogP contribution in [-0.2, 0) is 9.59 Å². The lowest BCUT2D eigenvalue weighted by Gasteiger charge is -2.17. The molecule has 0 spiro atoms. The Morgan fingerprint density at radius 3 is 2.72 bits per heavy atom. The summed E-state index contributed by atoms with van der Waals surface area (Å²) in [4.78, 5) is 32.2. The summed E-state index contributed by atoms with van der Waals surface area (Å²) in [7, 11) is 0. The number of benzene rings is 2. The summed E-state index contributed by atoms with van der Waals surface area (Å²) in [6.07, 6.45) is 0.167. The number of fused-ring (bicyclic) bond motifs is 1. The van der Waals surface area contributed by atoms with Gasteiger partial charge in [0.15, 0.2) is 5.76 Å². The number of amides is 2. The van der Waals surface area contributed by atoms with E-state index in [2.05, 4.69) is 10.4 Å². The molecule has 0 aliphatic carbocycles. The van der Waals surface area contributed by atoms with Crippen LogP contribution in [0.15, 0.2) is 70.5 Å². The molecule has 1 saturated heterocycles. The maximum absolute atomic E-state index is 13.1. The van der Waals surface area contributed by atoms with E-state index in [-0.39, 0.29) is 18.2 Å². The molecule has 9 heteroatoms. The standard InChI is InChI=1S/C27H23N5O3S/c1-16-7-9-20(10-8-16)31-14-19(13-25(31)33)26(34)29-24-11-17(2)30-32(24)27-28-21(15-36-27)23-12-18-5-3-4-6-22(18)35-23/h3-12,15,19H,13-14H2,1-2H3,(H,29,34). The van der Waals surface area contributed by atoms with Crippen LogP contribution in [0.1, 0.15) is 17.7 Å². The lowest BCUT2D eigenvalue weighted by Crippen LogP contribution is -2.28. The van der Waals surface area contributed by atoms with Crippen molar-refractivity contribution in [1.29, 1.82) is 0 Å². The van der Waals surface area contributed by atoms with Gasteiger partial charge in [0.05, 0.1) is 11.6 Å². The van der Waals surface area contributed by atoms with E-state index in [1.807, 2.05) is 73.8 Å². The number of hydrogen-bond acceptors (Lipinski definition) is 6. The molecule has 2 aromatic carbocycles. The predicted molar refractivity (Wildman–Crippen MR) is 139 cm³/mol. The molecular formula is C27H23N5O3S. The highest BCUT2D eigenvalue weighted by Crippen LogP contribution is 2.31. The normalized spacial score (nSPS) is 15.7. The van der Waals surface area contributed by atoms with Crippen molar-refractivity contribution < 1.29 is 14.0 Å². The summed E-state index contributed by atoms with van der Waals surface area (Å²) in [5.41, 5.74) is 4.17. The minimum Gasteiger partial charge on any atom is -0.454 e. The van der Waals surface area contributed by atoms with Crippen LogP contribution in [0.3, 0.4) is 0 Å². The van der Waals surface area contributed by atoms with Gasteiger partial charge < -0.3 is 14.6 Å². The quantitative estimate of drug-likeness (QED) is 0.353. The van der Waals surface area contributed by atoms with Crippen LogP contribution >= 0.6 is 11.3 Å². The molecule has 36 heavy (non-hydrogen) atoms. The molecule has 3 aromatic heterocycles. The van der Waals surface area contributed by atoms with Crippen LogP contribution in [-0.4, -0.2) is 33.1 Å². The lowest BCUT2D eigenvalue weighted by atomic mass is 10.1. The molecule has 180 valence electrons. The van der Waals surface area contributed by atoms with Gasteiger partial charge >= 0.3 is 0 Å². The molecule has 0 radical (unpaired) electrons. The molecule has 1 unspecified atom stereocenters. The number of rotatable bonds is 5. The third-order valence-corrected chi connectivity index (χ3v) is 7.09. The smallest absolute Gasteiger partial charge is 0.230 e. The molecule has 4 heterocycles. The van der Waals surface area contributed by atoms with Crippen molar-refractivity contribution in [3.63, 3.8) is 0 Å². The first-order valence-corrected chi connectivity index (χ1v) is 12.5. The highest BCUT2D eigenvalue weighted by atomic mass is 32.1. The van der Waals surface area contributed by atoms with Gasteiger partial charge in [0.25, 0.3) is 0 Å². The van der Waals surface area contributed by atoms with E-state index in [1.54, 1.807) is 15.6 Å². The molecule has 1 aliphatic heterocycles. The van der Waals surface area contributed by atoms with Gasteiger partial charge in [-0.15, -0.1) is 11.3 Å². The number of anilines is 2. The fraction of sp³-hybridized carbons (Fsp3) is 0.185. The van der Waals surface area contributed by atoms with E-state index in [9.17, 15) is 9.59 Å². The fourth-order valence-corrected chi connectivity index (χ4v) is 5.18. The van der Waals surface area contributed by atoms with Crippen LogP contribution in [0.25, 0.3) is 27.6 Å². The molecule has 0 saturated carbocycles.